The van der Waals surface area contributed by atoms with Crippen molar-refractivity contribution in [3.05, 3.63) is 150 Å². The number of fused-ring (bicyclic) bond motifs is 7. The van der Waals surface area contributed by atoms with Crippen molar-refractivity contribution in [1.82, 2.24) is 0 Å². The van der Waals surface area contributed by atoms with Gasteiger partial charge in [-0.1, -0.05) is 115 Å². The Morgan fingerprint density at radius 2 is 1.69 bits per heavy atom. The van der Waals surface area contributed by atoms with E-state index in [4.69, 9.17) is 10.2 Å². The third-order valence-corrected chi connectivity index (χ3v) is 8.33. The van der Waals surface area contributed by atoms with Crippen LogP contribution in [0.3, 0.4) is 0 Å². The van der Waals surface area contributed by atoms with E-state index in [0.29, 0.717) is 5.92 Å². The zero-order valence-electron chi connectivity index (χ0n) is 22.1. The van der Waals surface area contributed by atoms with Crippen LogP contribution in [-0.2, 0) is 0 Å². The quantitative estimate of drug-likeness (QED) is 0.281. The molecule has 0 saturated heterocycles. The lowest BCUT2D eigenvalue weighted by molar-refractivity contribution is 0.503. The predicted octanol–water partition coefficient (Wildman–Crippen LogP) is 8.60. The van der Waals surface area contributed by atoms with E-state index >= 15 is 0 Å². The van der Waals surface area contributed by atoms with Crippen molar-refractivity contribution in [2.24, 2.45) is 11.7 Å². The summed E-state index contributed by atoms with van der Waals surface area (Å²) in [5.41, 5.74) is 14.8. The molecule has 0 fully saturated rings. The number of para-hydroxylation sites is 2. The average Bonchev–Trinajstić information content (AvgIpc) is 3.32. The molecular formula is C36H32N2O. The molecule has 3 heteroatoms. The van der Waals surface area contributed by atoms with Crippen LogP contribution < -0.4 is 10.6 Å². The molecule has 2 N–H and O–H groups in total. The van der Waals surface area contributed by atoms with Gasteiger partial charge in [-0.2, -0.15) is 0 Å². The fraction of sp³-hybridized carbons (Fsp3) is 0.167. The molecule has 192 valence electrons. The van der Waals surface area contributed by atoms with Crippen LogP contribution in [-0.4, -0.2) is 6.04 Å². The Morgan fingerprint density at radius 3 is 2.54 bits per heavy atom. The number of benzene rings is 3. The average molecular weight is 509 g/mol. The lowest BCUT2D eigenvalue weighted by Gasteiger charge is -2.37. The summed E-state index contributed by atoms with van der Waals surface area (Å²) in [7, 11) is 0. The van der Waals surface area contributed by atoms with E-state index in [2.05, 4.69) is 121 Å². The zero-order chi connectivity index (χ0) is 26.3. The fourth-order valence-corrected chi connectivity index (χ4v) is 6.33. The van der Waals surface area contributed by atoms with Gasteiger partial charge in [-0.3, -0.25) is 0 Å². The maximum absolute atomic E-state index is 6.59. The number of allylic oxidation sites excluding steroid dienone is 6. The molecule has 4 atom stereocenters. The van der Waals surface area contributed by atoms with Crippen LogP contribution in [0.5, 0.6) is 0 Å². The molecule has 1 aliphatic heterocycles. The van der Waals surface area contributed by atoms with Crippen LogP contribution in [0.4, 0.5) is 5.69 Å². The second-order valence-electron chi connectivity index (χ2n) is 10.7. The smallest absolute Gasteiger partial charge is 0.134 e. The van der Waals surface area contributed by atoms with Gasteiger partial charge >= 0.3 is 0 Å². The summed E-state index contributed by atoms with van der Waals surface area (Å²) in [6, 6.07) is 27.5. The summed E-state index contributed by atoms with van der Waals surface area (Å²) < 4.78 is 6.59. The van der Waals surface area contributed by atoms with E-state index in [0.717, 1.165) is 23.3 Å². The molecule has 0 spiro atoms. The minimum Gasteiger partial charge on any atom is -0.460 e. The molecule has 4 unspecified atom stereocenters. The Kier molecular flexibility index (Phi) is 5.94. The number of anilines is 1. The van der Waals surface area contributed by atoms with Gasteiger partial charge in [0.15, 0.2) is 0 Å². The first-order valence-electron chi connectivity index (χ1n) is 13.8. The first-order valence-corrected chi connectivity index (χ1v) is 13.8. The number of hydrogen-bond donors (Lipinski definition) is 1. The number of nitrogens with two attached hydrogens (primary N) is 1. The number of nitrogens with zero attached hydrogens (tertiary/aromatic N) is 1. The summed E-state index contributed by atoms with van der Waals surface area (Å²) in [6.45, 7) is 2.20. The molecular weight excluding hydrogens is 476 g/mol. The van der Waals surface area contributed by atoms with Gasteiger partial charge in [0.05, 0.1) is 12.0 Å². The standard InChI is InChI=1S/C36H32N2O/c1-24(23-31(37)26-11-3-2-4-12-26)25-19-21-27(22-20-25)38-32-16-8-5-13-28(32)35-30-15-7-10-18-34(30)39-36(35)29-14-6-9-17-33(29)38/h2-19,21-23,25,29,31,33H,20,37H2,1H3/b24-23+. The molecule has 2 aliphatic carbocycles. The summed E-state index contributed by atoms with van der Waals surface area (Å²) in [4.78, 5) is 2.51. The minimum atomic E-state index is -0.0984. The van der Waals surface area contributed by atoms with E-state index in [9.17, 15) is 0 Å². The van der Waals surface area contributed by atoms with Gasteiger partial charge in [0.25, 0.3) is 0 Å². The molecule has 3 aliphatic rings. The molecule has 3 nitrogen and oxygen atoms in total. The molecule has 0 bridgehead atoms. The lowest BCUT2D eigenvalue weighted by atomic mass is 9.88. The van der Waals surface area contributed by atoms with Crippen molar-refractivity contribution >= 4 is 16.7 Å². The summed E-state index contributed by atoms with van der Waals surface area (Å²) >= 11 is 0. The minimum absolute atomic E-state index is 0.0984. The molecule has 3 aromatic carbocycles. The van der Waals surface area contributed by atoms with Gasteiger partial charge < -0.3 is 15.1 Å². The van der Waals surface area contributed by atoms with Crippen molar-refractivity contribution in [2.45, 2.75) is 31.3 Å². The highest BCUT2D eigenvalue weighted by atomic mass is 16.3. The van der Waals surface area contributed by atoms with Gasteiger partial charge in [-0.25, -0.2) is 0 Å². The Hall–Kier alpha value is -4.34. The predicted molar refractivity (Wildman–Crippen MR) is 161 cm³/mol. The van der Waals surface area contributed by atoms with Gasteiger partial charge in [0, 0.05) is 39.9 Å². The van der Waals surface area contributed by atoms with Gasteiger partial charge in [0.2, 0.25) is 0 Å². The molecule has 0 amide bonds. The Bertz CT molecular complexity index is 1680. The summed E-state index contributed by atoms with van der Waals surface area (Å²) in [6.07, 6.45) is 19.1. The van der Waals surface area contributed by atoms with E-state index < -0.39 is 0 Å². The normalized spacial score (nSPS) is 22.6. The van der Waals surface area contributed by atoms with Crippen molar-refractivity contribution in [2.75, 3.05) is 4.90 Å². The van der Waals surface area contributed by atoms with Crippen LogP contribution in [0.25, 0.3) is 22.1 Å². The molecule has 1 aromatic heterocycles. The molecule has 39 heavy (non-hydrogen) atoms. The first-order chi connectivity index (χ1) is 19.2. The van der Waals surface area contributed by atoms with Gasteiger partial charge in [-0.05, 0) is 37.1 Å². The third kappa shape index (κ3) is 4.10. The van der Waals surface area contributed by atoms with Crippen molar-refractivity contribution in [1.29, 1.82) is 0 Å². The highest BCUT2D eigenvalue weighted by Crippen LogP contribution is 2.50. The molecule has 4 aromatic rings. The van der Waals surface area contributed by atoms with E-state index in [1.807, 2.05) is 18.2 Å². The van der Waals surface area contributed by atoms with Gasteiger partial charge in [0.1, 0.15) is 11.3 Å². The number of hydrogen-bond acceptors (Lipinski definition) is 3. The van der Waals surface area contributed by atoms with Crippen LogP contribution in [0.15, 0.2) is 143 Å². The molecule has 2 heterocycles. The number of rotatable bonds is 4. The van der Waals surface area contributed by atoms with Crippen molar-refractivity contribution in [3.63, 3.8) is 0 Å². The van der Waals surface area contributed by atoms with E-state index in [-0.39, 0.29) is 18.0 Å². The third-order valence-electron chi connectivity index (χ3n) is 8.33. The highest BCUT2D eigenvalue weighted by molar-refractivity contribution is 6.01. The van der Waals surface area contributed by atoms with Crippen LogP contribution in [0.2, 0.25) is 0 Å². The lowest BCUT2D eigenvalue weighted by Crippen LogP contribution is -2.37. The van der Waals surface area contributed by atoms with Crippen molar-refractivity contribution < 1.29 is 4.42 Å². The SMILES string of the molecule is C/C(=C\C(N)c1ccccc1)C1C=CC(N2c3ccccc3-c3c(oc4ccccc34)C3C=CC=CC32)=CC1. The van der Waals surface area contributed by atoms with E-state index in [1.165, 1.54) is 33.5 Å². The van der Waals surface area contributed by atoms with Crippen molar-refractivity contribution in [3.8, 4) is 11.1 Å². The Labute approximate surface area is 229 Å². The Morgan fingerprint density at radius 1 is 0.923 bits per heavy atom. The highest BCUT2D eigenvalue weighted by Gasteiger charge is 2.38. The summed E-state index contributed by atoms with van der Waals surface area (Å²) in [5.74, 6) is 1.49. The van der Waals surface area contributed by atoms with E-state index in [1.54, 1.807) is 0 Å². The maximum atomic E-state index is 6.59. The van der Waals surface area contributed by atoms with Crippen LogP contribution >= 0.6 is 0 Å². The summed E-state index contributed by atoms with van der Waals surface area (Å²) in [5, 5.41) is 1.17. The zero-order valence-corrected chi connectivity index (χ0v) is 22.1. The largest absolute Gasteiger partial charge is 0.460 e. The first kappa shape index (κ1) is 23.8. The van der Waals surface area contributed by atoms with Gasteiger partial charge in [-0.15, -0.1) is 0 Å². The second kappa shape index (κ2) is 9.76. The number of furan rings is 1. The Balaban J connectivity index is 1.26. The molecule has 0 saturated carbocycles. The van der Waals surface area contributed by atoms with Crippen LogP contribution in [0, 0.1) is 5.92 Å². The molecule has 0 radical (unpaired) electrons. The van der Waals surface area contributed by atoms with Crippen LogP contribution in [0.1, 0.15) is 36.6 Å². The monoisotopic (exact) mass is 508 g/mol. The topological polar surface area (TPSA) is 42.4 Å². The second-order valence-corrected chi connectivity index (χ2v) is 10.7. The fourth-order valence-electron chi connectivity index (χ4n) is 6.33. The molecule has 7 rings (SSSR count). The maximum Gasteiger partial charge on any atom is 0.134 e.